The molecule has 0 aliphatic carbocycles. The van der Waals surface area contributed by atoms with Gasteiger partial charge in [0.25, 0.3) is 11.8 Å². The molecule has 2 aliphatic rings. The van der Waals surface area contributed by atoms with Crippen molar-refractivity contribution in [3.05, 3.63) is 35.4 Å². The number of hydrogen-bond acceptors (Lipinski definition) is 7. The van der Waals surface area contributed by atoms with Crippen LogP contribution in [0.3, 0.4) is 0 Å². The molecular weight excluding hydrogens is 336 g/mol. The first-order valence-corrected chi connectivity index (χ1v) is 8.40. The van der Waals surface area contributed by atoms with Crippen LogP contribution >= 0.6 is 11.8 Å². The third-order valence-electron chi connectivity index (χ3n) is 3.59. The number of rotatable bonds is 3. The van der Waals surface area contributed by atoms with E-state index < -0.39 is 29.9 Å². The summed E-state index contributed by atoms with van der Waals surface area (Å²) < 4.78 is 4.89. The van der Waals surface area contributed by atoms with Crippen molar-refractivity contribution < 1.29 is 28.8 Å². The smallest absolute Gasteiger partial charge is 0.411 e. The van der Waals surface area contributed by atoms with Gasteiger partial charge in [-0.15, -0.1) is 11.8 Å². The van der Waals surface area contributed by atoms with Crippen molar-refractivity contribution in [2.45, 2.75) is 13.0 Å². The number of fused-ring (bicyclic) bond motifs is 1. The van der Waals surface area contributed by atoms with Gasteiger partial charge in [-0.3, -0.25) is 14.5 Å². The molecule has 8 nitrogen and oxygen atoms in total. The SMILES string of the molecule is CCOC(=O)N1CSCC1C(=O)ON1C(=O)c2ccccc2C1=O. The van der Waals surface area contributed by atoms with Gasteiger partial charge < -0.3 is 9.57 Å². The highest BCUT2D eigenvalue weighted by Gasteiger charge is 2.43. The summed E-state index contributed by atoms with van der Waals surface area (Å²) in [5.41, 5.74) is 0.358. The molecule has 0 radical (unpaired) electrons. The molecule has 1 unspecified atom stereocenters. The third-order valence-corrected chi connectivity index (χ3v) is 4.61. The molecule has 1 fully saturated rings. The molecule has 24 heavy (non-hydrogen) atoms. The van der Waals surface area contributed by atoms with Gasteiger partial charge in [-0.25, -0.2) is 9.59 Å². The number of ether oxygens (including phenoxy) is 1. The van der Waals surface area contributed by atoms with Gasteiger partial charge in [-0.05, 0) is 19.1 Å². The summed E-state index contributed by atoms with van der Waals surface area (Å²) in [6.45, 7) is 1.84. The maximum Gasteiger partial charge on any atom is 0.411 e. The van der Waals surface area contributed by atoms with E-state index in [1.807, 2.05) is 0 Å². The van der Waals surface area contributed by atoms with Gasteiger partial charge in [-0.2, -0.15) is 0 Å². The zero-order chi connectivity index (χ0) is 17.3. The number of imide groups is 1. The summed E-state index contributed by atoms with van der Waals surface area (Å²) in [5.74, 6) is -1.65. The van der Waals surface area contributed by atoms with Crippen LogP contribution in [0.4, 0.5) is 4.79 Å². The van der Waals surface area contributed by atoms with Crippen LogP contribution in [0.5, 0.6) is 0 Å². The van der Waals surface area contributed by atoms with Gasteiger partial charge in [0.15, 0.2) is 0 Å². The largest absolute Gasteiger partial charge is 0.450 e. The Bertz CT molecular complexity index is 687. The molecule has 0 spiro atoms. The summed E-state index contributed by atoms with van der Waals surface area (Å²) in [6, 6.07) is 5.30. The molecular formula is C15H14N2O6S. The summed E-state index contributed by atoms with van der Waals surface area (Å²) in [4.78, 5) is 54.8. The van der Waals surface area contributed by atoms with E-state index in [1.54, 1.807) is 19.1 Å². The first-order valence-electron chi connectivity index (χ1n) is 7.25. The molecule has 126 valence electrons. The van der Waals surface area contributed by atoms with E-state index in [4.69, 9.17) is 9.57 Å². The second kappa shape index (κ2) is 6.52. The van der Waals surface area contributed by atoms with Crippen LogP contribution in [0.2, 0.25) is 0 Å². The number of benzene rings is 1. The average molecular weight is 350 g/mol. The Morgan fingerprint density at radius 3 is 2.42 bits per heavy atom. The van der Waals surface area contributed by atoms with Crippen molar-refractivity contribution in [3.63, 3.8) is 0 Å². The lowest BCUT2D eigenvalue weighted by Crippen LogP contribution is -2.46. The molecule has 1 aromatic rings. The minimum Gasteiger partial charge on any atom is -0.450 e. The number of thioether (sulfide) groups is 1. The van der Waals surface area contributed by atoms with Crippen LogP contribution in [0, 0.1) is 0 Å². The summed E-state index contributed by atoms with van der Waals surface area (Å²) in [5, 5.41) is 0.444. The number of hydroxylamine groups is 2. The van der Waals surface area contributed by atoms with E-state index in [2.05, 4.69) is 0 Å². The van der Waals surface area contributed by atoms with Crippen molar-refractivity contribution in [3.8, 4) is 0 Å². The molecule has 1 atom stereocenters. The molecule has 0 bridgehead atoms. The highest BCUT2D eigenvalue weighted by molar-refractivity contribution is 7.99. The lowest BCUT2D eigenvalue weighted by Gasteiger charge is -2.22. The maximum atomic E-state index is 12.3. The van der Waals surface area contributed by atoms with E-state index in [-0.39, 0.29) is 23.6 Å². The van der Waals surface area contributed by atoms with Gasteiger partial charge in [0.1, 0.15) is 6.04 Å². The van der Waals surface area contributed by atoms with Gasteiger partial charge >= 0.3 is 12.1 Å². The second-order valence-electron chi connectivity index (χ2n) is 5.04. The zero-order valence-corrected chi connectivity index (χ0v) is 13.6. The standard InChI is InChI=1S/C15H14N2O6S/c1-2-22-15(21)16-8-24-7-11(16)14(20)23-17-12(18)9-5-3-4-6-10(9)13(17)19/h3-6,11H,2,7-8H2,1H3. The minimum atomic E-state index is -0.904. The number of carbonyl (C=O) groups excluding carboxylic acids is 4. The first kappa shape index (κ1) is 16.3. The van der Waals surface area contributed by atoms with Crippen molar-refractivity contribution in [2.24, 2.45) is 0 Å². The van der Waals surface area contributed by atoms with Crippen LogP contribution in [-0.4, -0.2) is 58.1 Å². The average Bonchev–Trinajstić information content (AvgIpc) is 3.16. The van der Waals surface area contributed by atoms with Crippen molar-refractivity contribution in [2.75, 3.05) is 18.2 Å². The van der Waals surface area contributed by atoms with Gasteiger partial charge in [-0.1, -0.05) is 17.2 Å². The number of hydrogen-bond donors (Lipinski definition) is 0. The van der Waals surface area contributed by atoms with E-state index in [0.29, 0.717) is 10.8 Å². The molecule has 3 rings (SSSR count). The molecule has 1 saturated heterocycles. The predicted molar refractivity (Wildman–Crippen MR) is 83.0 cm³/mol. The van der Waals surface area contributed by atoms with Crippen molar-refractivity contribution in [1.82, 2.24) is 9.96 Å². The number of carbonyl (C=O) groups is 4. The van der Waals surface area contributed by atoms with Gasteiger partial charge in [0, 0.05) is 5.75 Å². The van der Waals surface area contributed by atoms with Crippen LogP contribution in [0.1, 0.15) is 27.6 Å². The molecule has 3 amide bonds. The normalized spacial score (nSPS) is 19.5. The predicted octanol–water partition coefficient (Wildman–Crippen LogP) is 1.27. The topological polar surface area (TPSA) is 93.2 Å². The lowest BCUT2D eigenvalue weighted by atomic mass is 10.1. The zero-order valence-electron chi connectivity index (χ0n) is 12.8. The lowest BCUT2D eigenvalue weighted by molar-refractivity contribution is -0.172. The van der Waals surface area contributed by atoms with E-state index >= 15 is 0 Å². The third kappa shape index (κ3) is 2.71. The second-order valence-corrected chi connectivity index (χ2v) is 6.04. The Kier molecular flexibility index (Phi) is 4.43. The van der Waals surface area contributed by atoms with Crippen LogP contribution in [-0.2, 0) is 14.4 Å². The van der Waals surface area contributed by atoms with Gasteiger partial charge in [0.2, 0.25) is 0 Å². The monoisotopic (exact) mass is 350 g/mol. The van der Waals surface area contributed by atoms with Crippen molar-refractivity contribution >= 4 is 35.6 Å². The fraction of sp³-hybridized carbons (Fsp3) is 0.333. The molecule has 2 aliphatic heterocycles. The minimum absolute atomic E-state index is 0.179. The Morgan fingerprint density at radius 2 is 1.83 bits per heavy atom. The van der Waals surface area contributed by atoms with Crippen LogP contribution in [0.15, 0.2) is 24.3 Å². The fourth-order valence-electron chi connectivity index (χ4n) is 2.43. The van der Waals surface area contributed by atoms with Crippen molar-refractivity contribution in [1.29, 1.82) is 0 Å². The van der Waals surface area contributed by atoms with Gasteiger partial charge in [0.05, 0.1) is 23.6 Å². The first-order chi connectivity index (χ1) is 11.5. The highest BCUT2D eigenvalue weighted by Crippen LogP contribution is 2.26. The fourth-order valence-corrected chi connectivity index (χ4v) is 3.55. The van der Waals surface area contributed by atoms with Crippen LogP contribution < -0.4 is 0 Å². The summed E-state index contributed by atoms with van der Waals surface area (Å²) in [6.07, 6.45) is -0.633. The Labute approximate surface area is 141 Å². The Balaban J connectivity index is 1.73. The molecule has 2 heterocycles. The van der Waals surface area contributed by atoms with E-state index in [1.165, 1.54) is 28.8 Å². The Morgan fingerprint density at radius 1 is 1.21 bits per heavy atom. The number of nitrogens with zero attached hydrogens (tertiary/aromatic N) is 2. The molecule has 0 saturated carbocycles. The highest BCUT2D eigenvalue weighted by atomic mass is 32.2. The van der Waals surface area contributed by atoms with E-state index in [9.17, 15) is 19.2 Å². The summed E-state index contributed by atoms with van der Waals surface area (Å²) >= 11 is 1.36. The molecule has 9 heteroatoms. The van der Waals surface area contributed by atoms with Crippen LogP contribution in [0.25, 0.3) is 0 Å². The Hall–Kier alpha value is -2.55. The summed E-state index contributed by atoms with van der Waals surface area (Å²) in [7, 11) is 0. The molecule has 0 N–H and O–H groups in total. The molecule has 1 aromatic carbocycles. The maximum absolute atomic E-state index is 12.3. The van der Waals surface area contributed by atoms with E-state index in [0.717, 1.165) is 0 Å². The molecule has 0 aromatic heterocycles. The number of amides is 3. The quantitative estimate of drug-likeness (QED) is 0.758.